The van der Waals surface area contributed by atoms with Gasteiger partial charge in [-0.2, -0.15) is 0 Å². The number of aromatic nitrogens is 2. The van der Waals surface area contributed by atoms with Crippen LogP contribution in [0.4, 0.5) is 0 Å². The van der Waals surface area contributed by atoms with Crippen molar-refractivity contribution in [2.24, 2.45) is 0 Å². The number of benzene rings is 2. The summed E-state index contributed by atoms with van der Waals surface area (Å²) in [5.74, 6) is 0.818. The van der Waals surface area contributed by atoms with E-state index in [9.17, 15) is 9.90 Å². The minimum atomic E-state index is -0.195. The van der Waals surface area contributed by atoms with Gasteiger partial charge in [-0.3, -0.25) is 4.79 Å². The summed E-state index contributed by atoms with van der Waals surface area (Å²) in [5.41, 5.74) is 2.10. The molecule has 1 amide bonds. The lowest BCUT2D eigenvalue weighted by molar-refractivity contribution is 0.0784. The van der Waals surface area contributed by atoms with Crippen molar-refractivity contribution in [2.75, 3.05) is 14.2 Å². The number of carbonyl (C=O) groups is 1. The average molecular weight is 349 g/mol. The van der Waals surface area contributed by atoms with E-state index in [1.54, 1.807) is 30.1 Å². The Morgan fingerprint density at radius 3 is 2.42 bits per heavy atom. The Bertz CT molecular complexity index is 896. The molecule has 6 nitrogen and oxygen atoms in total. The number of hydrogen-bond donors (Lipinski definition) is 1. The van der Waals surface area contributed by atoms with Gasteiger partial charge in [0.05, 0.1) is 12.7 Å². The lowest BCUT2D eigenvalue weighted by Gasteiger charge is -2.17. The van der Waals surface area contributed by atoms with Crippen molar-refractivity contribution >= 4 is 5.91 Å². The first-order chi connectivity index (χ1) is 12.6. The Hall–Kier alpha value is -3.41. The summed E-state index contributed by atoms with van der Waals surface area (Å²) in [4.78, 5) is 22.7. The third-order valence-electron chi connectivity index (χ3n) is 3.94. The van der Waals surface area contributed by atoms with Gasteiger partial charge in [0, 0.05) is 31.5 Å². The second-order valence-electron chi connectivity index (χ2n) is 5.83. The number of aromatic hydroxyl groups is 1. The fourth-order valence-electron chi connectivity index (χ4n) is 2.57. The van der Waals surface area contributed by atoms with E-state index >= 15 is 0 Å². The van der Waals surface area contributed by atoms with Crippen LogP contribution in [-0.2, 0) is 6.54 Å². The van der Waals surface area contributed by atoms with Crippen molar-refractivity contribution in [3.05, 3.63) is 72.1 Å². The molecule has 1 heterocycles. The molecule has 0 fully saturated rings. The Labute approximate surface area is 151 Å². The minimum absolute atomic E-state index is 0.0430. The van der Waals surface area contributed by atoms with Gasteiger partial charge in [-0.25, -0.2) is 9.97 Å². The third kappa shape index (κ3) is 3.80. The highest BCUT2D eigenvalue weighted by molar-refractivity contribution is 5.93. The Kier molecular flexibility index (Phi) is 5.12. The van der Waals surface area contributed by atoms with Crippen LogP contribution in [0.5, 0.6) is 11.5 Å². The fourth-order valence-corrected chi connectivity index (χ4v) is 2.57. The molecule has 1 N–H and O–H groups in total. The van der Waals surface area contributed by atoms with Crippen molar-refractivity contribution in [2.45, 2.75) is 6.54 Å². The van der Waals surface area contributed by atoms with Gasteiger partial charge < -0.3 is 14.7 Å². The number of methoxy groups -OCH3 is 1. The molecule has 6 heteroatoms. The van der Waals surface area contributed by atoms with Crippen LogP contribution in [0.3, 0.4) is 0 Å². The van der Waals surface area contributed by atoms with Crippen molar-refractivity contribution in [1.82, 2.24) is 14.9 Å². The molecule has 0 unspecified atom stereocenters. The molecule has 0 atom stereocenters. The lowest BCUT2D eigenvalue weighted by atomic mass is 10.1. The van der Waals surface area contributed by atoms with Gasteiger partial charge in [0.1, 0.15) is 0 Å². The fraction of sp³-hybridized carbons (Fsp3) is 0.150. The smallest absolute Gasteiger partial charge is 0.257 e. The summed E-state index contributed by atoms with van der Waals surface area (Å²) in [6, 6.07) is 14.6. The van der Waals surface area contributed by atoms with Gasteiger partial charge >= 0.3 is 0 Å². The van der Waals surface area contributed by atoms with Gasteiger partial charge in [0.2, 0.25) is 0 Å². The molecule has 0 radical (unpaired) electrons. The van der Waals surface area contributed by atoms with Crippen LogP contribution in [-0.4, -0.2) is 40.0 Å². The van der Waals surface area contributed by atoms with Crippen molar-refractivity contribution in [3.8, 4) is 22.9 Å². The number of nitrogens with zero attached hydrogens (tertiary/aromatic N) is 3. The first-order valence-electron chi connectivity index (χ1n) is 8.07. The molecule has 0 spiro atoms. The number of phenolic OH excluding ortho intramolecular Hbond substituents is 1. The molecule has 0 saturated carbocycles. The number of amides is 1. The molecule has 1 aromatic heterocycles. The summed E-state index contributed by atoms with van der Waals surface area (Å²) < 4.78 is 5.02. The molecule has 26 heavy (non-hydrogen) atoms. The zero-order valence-electron chi connectivity index (χ0n) is 14.6. The highest BCUT2D eigenvalue weighted by atomic mass is 16.5. The quantitative estimate of drug-likeness (QED) is 0.766. The summed E-state index contributed by atoms with van der Waals surface area (Å²) in [5, 5.41) is 9.85. The Balaban J connectivity index is 1.71. The van der Waals surface area contributed by atoms with Crippen LogP contribution in [0.15, 0.2) is 60.9 Å². The van der Waals surface area contributed by atoms with E-state index in [1.807, 2.05) is 30.3 Å². The third-order valence-corrected chi connectivity index (χ3v) is 3.94. The van der Waals surface area contributed by atoms with E-state index in [0.717, 1.165) is 11.1 Å². The number of carbonyl (C=O) groups excluding carboxylic acids is 1. The van der Waals surface area contributed by atoms with Crippen molar-refractivity contribution in [1.29, 1.82) is 0 Å². The molecule has 0 saturated heterocycles. The first kappa shape index (κ1) is 17.4. The van der Waals surface area contributed by atoms with Crippen LogP contribution in [0.2, 0.25) is 0 Å². The zero-order chi connectivity index (χ0) is 18.5. The predicted molar refractivity (Wildman–Crippen MR) is 97.9 cm³/mol. The number of rotatable bonds is 5. The van der Waals surface area contributed by atoms with E-state index in [-0.39, 0.29) is 11.7 Å². The highest BCUT2D eigenvalue weighted by Gasteiger charge is 2.14. The van der Waals surface area contributed by atoms with E-state index in [4.69, 9.17) is 4.74 Å². The van der Waals surface area contributed by atoms with Crippen LogP contribution in [0.25, 0.3) is 11.4 Å². The average Bonchev–Trinajstić information content (AvgIpc) is 2.68. The summed E-state index contributed by atoms with van der Waals surface area (Å²) in [6.07, 6.45) is 3.05. The predicted octanol–water partition coefficient (Wildman–Crippen LogP) is 3.13. The number of hydrogen-bond acceptors (Lipinski definition) is 5. The first-order valence-corrected chi connectivity index (χ1v) is 8.07. The van der Waals surface area contributed by atoms with Crippen LogP contribution in [0, 0.1) is 0 Å². The van der Waals surface area contributed by atoms with Crippen molar-refractivity contribution < 1.29 is 14.6 Å². The normalized spacial score (nSPS) is 10.4. The maximum Gasteiger partial charge on any atom is 0.257 e. The summed E-state index contributed by atoms with van der Waals surface area (Å²) in [6.45, 7) is 0.344. The molecule has 0 aliphatic heterocycles. The van der Waals surface area contributed by atoms with E-state index in [2.05, 4.69) is 9.97 Å². The molecular formula is C20H19N3O3. The largest absolute Gasteiger partial charge is 0.504 e. The summed E-state index contributed by atoms with van der Waals surface area (Å²) in [7, 11) is 3.18. The highest BCUT2D eigenvalue weighted by Crippen LogP contribution is 2.26. The topological polar surface area (TPSA) is 75.5 Å². The van der Waals surface area contributed by atoms with Gasteiger partial charge in [0.25, 0.3) is 5.91 Å². The molecule has 0 aliphatic carbocycles. The second-order valence-corrected chi connectivity index (χ2v) is 5.83. The molecule has 0 bridgehead atoms. The van der Waals surface area contributed by atoms with E-state index in [0.29, 0.717) is 23.7 Å². The van der Waals surface area contributed by atoms with Crippen molar-refractivity contribution in [3.63, 3.8) is 0 Å². The van der Waals surface area contributed by atoms with Gasteiger partial charge in [-0.1, -0.05) is 36.4 Å². The summed E-state index contributed by atoms with van der Waals surface area (Å²) >= 11 is 0. The Morgan fingerprint density at radius 1 is 1.12 bits per heavy atom. The molecule has 3 rings (SSSR count). The standard InChI is InChI=1S/C20H19N3O3/c1-23(13-14-8-9-18(26-2)17(24)10-14)20(25)16-11-21-19(22-12-16)15-6-4-3-5-7-15/h3-12,24H,13H2,1-2H3. The lowest BCUT2D eigenvalue weighted by Crippen LogP contribution is -2.26. The van der Waals surface area contributed by atoms with E-state index in [1.165, 1.54) is 19.5 Å². The molecule has 132 valence electrons. The maximum absolute atomic E-state index is 12.6. The van der Waals surface area contributed by atoms with Gasteiger partial charge in [-0.15, -0.1) is 0 Å². The second kappa shape index (κ2) is 7.65. The SMILES string of the molecule is COc1ccc(CN(C)C(=O)c2cnc(-c3ccccc3)nc2)cc1O. The minimum Gasteiger partial charge on any atom is -0.504 e. The Morgan fingerprint density at radius 2 is 1.81 bits per heavy atom. The monoisotopic (exact) mass is 349 g/mol. The molecule has 3 aromatic rings. The van der Waals surface area contributed by atoms with Crippen LogP contribution in [0.1, 0.15) is 15.9 Å². The maximum atomic E-state index is 12.6. The molecular weight excluding hydrogens is 330 g/mol. The van der Waals surface area contributed by atoms with Crippen LogP contribution >= 0.6 is 0 Å². The van der Waals surface area contributed by atoms with E-state index < -0.39 is 0 Å². The molecule has 2 aromatic carbocycles. The number of ether oxygens (including phenoxy) is 1. The number of phenols is 1. The molecule has 0 aliphatic rings. The van der Waals surface area contributed by atoms with Gasteiger partial charge in [0.15, 0.2) is 17.3 Å². The van der Waals surface area contributed by atoms with Crippen LogP contribution < -0.4 is 4.74 Å². The van der Waals surface area contributed by atoms with Gasteiger partial charge in [-0.05, 0) is 17.7 Å². The zero-order valence-corrected chi connectivity index (χ0v) is 14.6.